The van der Waals surface area contributed by atoms with E-state index in [4.69, 9.17) is 10.5 Å². The molecule has 1 aromatic carbocycles. The molecule has 94 valence electrons. The lowest BCUT2D eigenvalue weighted by Gasteiger charge is -2.12. The van der Waals surface area contributed by atoms with Gasteiger partial charge in [-0.05, 0) is 44.0 Å². The number of ether oxygens (including phenoxy) is 1. The standard InChI is InChI=1S/C15H18N2O/c1-10-4-5-11(2)14(8-10)18-15-13(9-16)7-6-12(3)17-15/h4-8H,9,16H2,1-3H3. The van der Waals surface area contributed by atoms with Crippen LogP contribution < -0.4 is 10.5 Å². The molecule has 1 aromatic heterocycles. The fourth-order valence-electron chi connectivity index (χ4n) is 1.73. The molecule has 2 aromatic rings. The minimum absolute atomic E-state index is 0.424. The molecule has 3 nitrogen and oxygen atoms in total. The highest BCUT2D eigenvalue weighted by Crippen LogP contribution is 2.27. The Morgan fingerprint density at radius 2 is 1.89 bits per heavy atom. The smallest absolute Gasteiger partial charge is 0.223 e. The summed E-state index contributed by atoms with van der Waals surface area (Å²) in [6, 6.07) is 10.0. The summed E-state index contributed by atoms with van der Waals surface area (Å²) in [5, 5.41) is 0. The summed E-state index contributed by atoms with van der Waals surface area (Å²) in [7, 11) is 0. The van der Waals surface area contributed by atoms with Gasteiger partial charge in [-0.2, -0.15) is 0 Å². The Kier molecular flexibility index (Phi) is 3.63. The molecule has 2 N–H and O–H groups in total. The predicted molar refractivity (Wildman–Crippen MR) is 72.9 cm³/mol. The summed E-state index contributed by atoms with van der Waals surface area (Å²) >= 11 is 0. The van der Waals surface area contributed by atoms with Crippen molar-refractivity contribution in [2.24, 2.45) is 5.73 Å². The molecule has 0 aliphatic heterocycles. The van der Waals surface area contributed by atoms with Crippen molar-refractivity contribution in [2.75, 3.05) is 0 Å². The van der Waals surface area contributed by atoms with E-state index < -0.39 is 0 Å². The van der Waals surface area contributed by atoms with Crippen molar-refractivity contribution in [3.63, 3.8) is 0 Å². The van der Waals surface area contributed by atoms with Crippen LogP contribution in [0.1, 0.15) is 22.4 Å². The average molecular weight is 242 g/mol. The fraction of sp³-hybridized carbons (Fsp3) is 0.267. The van der Waals surface area contributed by atoms with Gasteiger partial charge in [0, 0.05) is 17.8 Å². The summed E-state index contributed by atoms with van der Waals surface area (Å²) in [6.07, 6.45) is 0. The number of nitrogens with two attached hydrogens (primary N) is 1. The van der Waals surface area contributed by atoms with Gasteiger partial charge in [0.05, 0.1) is 0 Å². The quantitative estimate of drug-likeness (QED) is 0.898. The first kappa shape index (κ1) is 12.6. The highest BCUT2D eigenvalue weighted by Gasteiger charge is 2.08. The second-order valence-corrected chi connectivity index (χ2v) is 4.49. The Hall–Kier alpha value is -1.87. The molecule has 0 radical (unpaired) electrons. The predicted octanol–water partition coefficient (Wildman–Crippen LogP) is 3.26. The van der Waals surface area contributed by atoms with E-state index in [1.54, 1.807) is 0 Å². The summed E-state index contributed by atoms with van der Waals surface area (Å²) in [5.41, 5.74) is 9.80. The van der Waals surface area contributed by atoms with Gasteiger partial charge in [0.25, 0.3) is 0 Å². The number of hydrogen-bond donors (Lipinski definition) is 1. The maximum atomic E-state index is 5.90. The maximum absolute atomic E-state index is 5.90. The summed E-state index contributed by atoms with van der Waals surface area (Å²) in [4.78, 5) is 4.41. The zero-order chi connectivity index (χ0) is 13.1. The van der Waals surface area contributed by atoms with Crippen LogP contribution in [-0.2, 0) is 6.54 Å². The van der Waals surface area contributed by atoms with Gasteiger partial charge >= 0.3 is 0 Å². The monoisotopic (exact) mass is 242 g/mol. The van der Waals surface area contributed by atoms with Crippen molar-refractivity contribution in [1.82, 2.24) is 4.98 Å². The van der Waals surface area contributed by atoms with Crippen LogP contribution in [0, 0.1) is 20.8 Å². The lowest BCUT2D eigenvalue weighted by molar-refractivity contribution is 0.451. The van der Waals surface area contributed by atoms with Crippen molar-refractivity contribution < 1.29 is 4.74 Å². The molecule has 18 heavy (non-hydrogen) atoms. The lowest BCUT2D eigenvalue weighted by Crippen LogP contribution is -2.02. The van der Waals surface area contributed by atoms with E-state index in [1.165, 1.54) is 0 Å². The number of aromatic nitrogens is 1. The van der Waals surface area contributed by atoms with Gasteiger partial charge in [0.1, 0.15) is 5.75 Å². The first-order valence-electron chi connectivity index (χ1n) is 6.02. The maximum Gasteiger partial charge on any atom is 0.223 e. The molecule has 2 rings (SSSR count). The molecule has 0 spiro atoms. The lowest BCUT2D eigenvalue weighted by atomic mass is 10.1. The second kappa shape index (κ2) is 5.19. The Labute approximate surface area is 108 Å². The number of nitrogens with zero attached hydrogens (tertiary/aromatic N) is 1. The van der Waals surface area contributed by atoms with E-state index in [0.29, 0.717) is 12.4 Å². The van der Waals surface area contributed by atoms with Crippen LogP contribution in [0.2, 0.25) is 0 Å². The molecule has 0 fully saturated rings. The van der Waals surface area contributed by atoms with Crippen LogP contribution in [0.4, 0.5) is 0 Å². The van der Waals surface area contributed by atoms with Gasteiger partial charge < -0.3 is 10.5 Å². The molecule has 0 bridgehead atoms. The van der Waals surface area contributed by atoms with Gasteiger partial charge in [-0.25, -0.2) is 4.98 Å². The van der Waals surface area contributed by atoms with Crippen molar-refractivity contribution in [1.29, 1.82) is 0 Å². The van der Waals surface area contributed by atoms with Crippen LogP contribution in [0.25, 0.3) is 0 Å². The largest absolute Gasteiger partial charge is 0.438 e. The summed E-state index contributed by atoms with van der Waals surface area (Å²) in [6.45, 7) is 6.43. The third-order valence-corrected chi connectivity index (χ3v) is 2.85. The number of rotatable bonds is 3. The van der Waals surface area contributed by atoms with Gasteiger partial charge in [-0.3, -0.25) is 0 Å². The fourth-order valence-corrected chi connectivity index (χ4v) is 1.73. The highest BCUT2D eigenvalue weighted by atomic mass is 16.5. The molecule has 3 heteroatoms. The minimum Gasteiger partial charge on any atom is -0.438 e. The van der Waals surface area contributed by atoms with Crippen LogP contribution in [0.15, 0.2) is 30.3 Å². The van der Waals surface area contributed by atoms with E-state index >= 15 is 0 Å². The van der Waals surface area contributed by atoms with E-state index in [9.17, 15) is 0 Å². The molecule has 0 amide bonds. The zero-order valence-electron chi connectivity index (χ0n) is 11.0. The third-order valence-electron chi connectivity index (χ3n) is 2.85. The number of hydrogen-bond acceptors (Lipinski definition) is 3. The van der Waals surface area contributed by atoms with Gasteiger partial charge in [0.15, 0.2) is 0 Å². The normalized spacial score (nSPS) is 10.4. The van der Waals surface area contributed by atoms with Crippen LogP contribution in [0.5, 0.6) is 11.6 Å². The van der Waals surface area contributed by atoms with Crippen molar-refractivity contribution >= 4 is 0 Å². The SMILES string of the molecule is Cc1ccc(C)c(Oc2nc(C)ccc2CN)c1. The van der Waals surface area contributed by atoms with Crippen LogP contribution in [-0.4, -0.2) is 4.98 Å². The molecule has 0 unspecified atom stereocenters. The van der Waals surface area contributed by atoms with Gasteiger partial charge in [-0.1, -0.05) is 18.2 Å². The van der Waals surface area contributed by atoms with E-state index in [0.717, 1.165) is 28.1 Å². The van der Waals surface area contributed by atoms with E-state index in [1.807, 2.05) is 45.0 Å². The minimum atomic E-state index is 0.424. The Balaban J connectivity index is 2.38. The van der Waals surface area contributed by atoms with Crippen molar-refractivity contribution in [3.8, 4) is 11.6 Å². The van der Waals surface area contributed by atoms with Gasteiger partial charge in [0.2, 0.25) is 5.88 Å². The van der Waals surface area contributed by atoms with Crippen molar-refractivity contribution in [2.45, 2.75) is 27.3 Å². The molecule has 0 atom stereocenters. The Bertz CT molecular complexity index is 564. The molecule has 0 aliphatic carbocycles. The first-order valence-corrected chi connectivity index (χ1v) is 6.02. The third kappa shape index (κ3) is 2.68. The molecule has 1 heterocycles. The number of aryl methyl sites for hydroxylation is 3. The Morgan fingerprint density at radius 1 is 1.11 bits per heavy atom. The summed E-state index contributed by atoms with van der Waals surface area (Å²) in [5.74, 6) is 1.44. The van der Waals surface area contributed by atoms with Gasteiger partial charge in [-0.15, -0.1) is 0 Å². The molecule has 0 saturated heterocycles. The molecular weight excluding hydrogens is 224 g/mol. The number of benzene rings is 1. The van der Waals surface area contributed by atoms with Crippen LogP contribution >= 0.6 is 0 Å². The average Bonchev–Trinajstić information content (AvgIpc) is 2.34. The van der Waals surface area contributed by atoms with E-state index in [2.05, 4.69) is 11.1 Å². The topological polar surface area (TPSA) is 48.1 Å². The van der Waals surface area contributed by atoms with Crippen LogP contribution in [0.3, 0.4) is 0 Å². The first-order chi connectivity index (χ1) is 8.60. The molecular formula is C15H18N2O. The number of pyridine rings is 1. The van der Waals surface area contributed by atoms with Crippen molar-refractivity contribution in [3.05, 3.63) is 52.7 Å². The summed E-state index contributed by atoms with van der Waals surface area (Å²) < 4.78 is 5.90. The second-order valence-electron chi connectivity index (χ2n) is 4.49. The molecule has 0 saturated carbocycles. The Morgan fingerprint density at radius 3 is 2.61 bits per heavy atom. The van der Waals surface area contributed by atoms with E-state index in [-0.39, 0.29) is 0 Å². The molecule has 0 aliphatic rings. The zero-order valence-corrected chi connectivity index (χ0v) is 11.0. The highest BCUT2D eigenvalue weighted by molar-refractivity contribution is 5.40.